The number of nitrogens with one attached hydrogen (secondary N) is 1. The third-order valence-electron chi connectivity index (χ3n) is 10.7. The zero-order valence-corrected chi connectivity index (χ0v) is 31.1. The molecule has 19 heteroatoms. The number of carboxylic acid groups (broad SMARTS) is 1. The number of ether oxygens (including phenoxy) is 5. The number of carbonyl (C=O) groups is 1. The van der Waals surface area contributed by atoms with Crippen LogP contribution in [0.4, 0.5) is 0 Å². The molecule has 1 aliphatic carbocycles. The van der Waals surface area contributed by atoms with Crippen LogP contribution >= 0.6 is 0 Å². The van der Waals surface area contributed by atoms with Crippen molar-refractivity contribution in [3.05, 3.63) is 102 Å². The molecule has 1 saturated heterocycles. The molecule has 10 N–H and O–H groups in total. The van der Waals surface area contributed by atoms with E-state index < -0.39 is 89.5 Å². The molecule has 60 heavy (non-hydrogen) atoms. The minimum absolute atomic E-state index is 0.000394. The second-order valence-corrected chi connectivity index (χ2v) is 14.5. The van der Waals surface area contributed by atoms with Gasteiger partial charge in [-0.2, -0.15) is 0 Å². The molecule has 0 saturated carbocycles. The van der Waals surface area contributed by atoms with Gasteiger partial charge in [0, 0.05) is 12.1 Å². The Hall–Kier alpha value is -6.61. The third kappa shape index (κ3) is 7.01. The van der Waals surface area contributed by atoms with E-state index in [0.717, 1.165) is 6.08 Å². The predicted molar refractivity (Wildman–Crippen MR) is 209 cm³/mol. The van der Waals surface area contributed by atoms with Gasteiger partial charge in [0.15, 0.2) is 29.3 Å². The molecule has 0 radical (unpaired) electrons. The van der Waals surface area contributed by atoms with Gasteiger partial charge in [-0.05, 0) is 53.6 Å². The molecule has 312 valence electrons. The van der Waals surface area contributed by atoms with E-state index in [4.69, 9.17) is 29.1 Å². The van der Waals surface area contributed by atoms with Gasteiger partial charge in [-0.1, -0.05) is 30.3 Å². The van der Waals surface area contributed by atoms with E-state index in [0.29, 0.717) is 11.1 Å². The number of phenols is 2. The summed E-state index contributed by atoms with van der Waals surface area (Å²) in [5.74, 6) is -5.02. The number of fused-ring (bicyclic) bond motifs is 3. The summed E-state index contributed by atoms with van der Waals surface area (Å²) in [4.78, 5) is 24.6. The fraction of sp³-hybridized carbons (Fsp3) is 0.293. The van der Waals surface area contributed by atoms with Crippen molar-refractivity contribution >= 4 is 35.3 Å². The summed E-state index contributed by atoms with van der Waals surface area (Å²) >= 11 is 0. The fourth-order valence-corrected chi connectivity index (χ4v) is 7.61. The maximum absolute atomic E-state index is 12.6. The van der Waals surface area contributed by atoms with E-state index in [2.05, 4.69) is 15.0 Å². The highest BCUT2D eigenvalue weighted by Gasteiger charge is 2.69. The van der Waals surface area contributed by atoms with Crippen LogP contribution in [0.2, 0.25) is 0 Å². The van der Waals surface area contributed by atoms with Gasteiger partial charge in [0.2, 0.25) is 12.0 Å². The number of amidine groups is 1. The van der Waals surface area contributed by atoms with Gasteiger partial charge in [-0.25, -0.2) is 14.8 Å². The lowest BCUT2D eigenvalue weighted by Crippen LogP contribution is -2.78. The van der Waals surface area contributed by atoms with E-state index in [-0.39, 0.29) is 53.2 Å². The minimum Gasteiger partial charge on any atom is -0.508 e. The lowest BCUT2D eigenvalue weighted by atomic mass is 9.64. The van der Waals surface area contributed by atoms with E-state index >= 15 is 0 Å². The monoisotopic (exact) mass is 826 g/mol. The number of aromatic hydroxyl groups is 2. The molecule has 0 spiro atoms. The van der Waals surface area contributed by atoms with Gasteiger partial charge >= 0.3 is 5.97 Å². The zero-order valence-electron chi connectivity index (χ0n) is 31.1. The molecule has 8 rings (SSSR count). The van der Waals surface area contributed by atoms with Crippen LogP contribution in [-0.2, 0) is 16.1 Å². The van der Waals surface area contributed by atoms with Crippen molar-refractivity contribution in [2.45, 2.75) is 54.6 Å². The number of carboxylic acids is 1. The smallest absolute Gasteiger partial charge is 0.336 e. The average molecular weight is 827 g/mol. The van der Waals surface area contributed by atoms with Gasteiger partial charge in [0.1, 0.15) is 71.3 Å². The third-order valence-corrected chi connectivity index (χ3v) is 10.7. The largest absolute Gasteiger partial charge is 0.508 e. The first-order valence-corrected chi connectivity index (χ1v) is 18.4. The van der Waals surface area contributed by atoms with E-state index in [1.165, 1.54) is 61.0 Å². The van der Waals surface area contributed by atoms with Crippen molar-refractivity contribution < 1.29 is 74.4 Å². The molecule has 3 aromatic carbocycles. The predicted octanol–water partition coefficient (Wildman–Crippen LogP) is 1.48. The number of rotatable bonds is 13. The molecule has 5 aliphatic rings. The van der Waals surface area contributed by atoms with Crippen molar-refractivity contribution in [2.24, 2.45) is 20.9 Å². The van der Waals surface area contributed by atoms with Crippen molar-refractivity contribution in [2.75, 3.05) is 13.2 Å². The molecular formula is C41H38N4O15. The zero-order chi connectivity index (χ0) is 42.5. The van der Waals surface area contributed by atoms with Crippen LogP contribution in [0, 0.1) is 11.3 Å². The highest BCUT2D eigenvalue weighted by Crippen LogP contribution is 2.53. The Bertz CT molecular complexity index is 2410. The number of benzene rings is 3. The number of hydrogen-bond acceptors (Lipinski definition) is 17. The topological polar surface area (TPSA) is 306 Å². The van der Waals surface area contributed by atoms with Gasteiger partial charge in [0.05, 0.1) is 30.5 Å². The number of nitrogens with zero attached hydrogens (tertiary/aromatic N) is 3. The van der Waals surface area contributed by atoms with Gasteiger partial charge in [0.25, 0.3) is 0 Å². The lowest BCUT2D eigenvalue weighted by Gasteiger charge is -2.55. The molecule has 9 atom stereocenters. The summed E-state index contributed by atoms with van der Waals surface area (Å²) in [5, 5.41) is 107. The molecule has 4 aliphatic heterocycles. The van der Waals surface area contributed by atoms with Crippen LogP contribution in [0.25, 0.3) is 5.76 Å². The van der Waals surface area contributed by atoms with Crippen LogP contribution in [0.5, 0.6) is 34.5 Å². The van der Waals surface area contributed by atoms with Crippen LogP contribution in [0.1, 0.15) is 22.8 Å². The summed E-state index contributed by atoms with van der Waals surface area (Å²) in [5.41, 5.74) is -4.21. The first-order valence-electron chi connectivity index (χ1n) is 18.4. The van der Waals surface area contributed by atoms with Crippen LogP contribution in [-0.4, -0.2) is 131 Å². The summed E-state index contributed by atoms with van der Waals surface area (Å²) in [7, 11) is 0. The fourth-order valence-electron chi connectivity index (χ4n) is 7.61. The first-order chi connectivity index (χ1) is 28.7. The number of aliphatic hydroxyl groups excluding tert-OH is 4. The Morgan fingerprint density at radius 2 is 1.85 bits per heavy atom. The van der Waals surface area contributed by atoms with Gasteiger partial charge < -0.3 is 69.6 Å². The van der Waals surface area contributed by atoms with Crippen LogP contribution in [0.15, 0.2) is 100.0 Å². The van der Waals surface area contributed by atoms with Crippen molar-refractivity contribution in [1.29, 1.82) is 5.41 Å². The molecule has 2 bridgehead atoms. The maximum Gasteiger partial charge on any atom is 0.336 e. The number of aliphatic carboxylic acids is 1. The van der Waals surface area contributed by atoms with Gasteiger partial charge in [-0.15, -0.1) is 0 Å². The number of phenolic OH excluding ortho intramolecular Hbond substituents is 2. The SMILES string of the molecule is N=C1C=CC([C@@H](O)[C@H](CO)Oc2ccc(C3C=C(O)c4c(cc(O[C@@H]5O[C@H](C(=O)O)[C@]6(O)[C@@H](C7=NC=NC7)C=C[C@@]5(O)[C@@H]6O)c(OCc5cccc(O)c5)c4O)O3)cc2)=N1. The number of hydrogen-bond donors (Lipinski definition) is 10. The second kappa shape index (κ2) is 15.5. The Labute approximate surface area is 339 Å². The Balaban J connectivity index is 1.11. The maximum atomic E-state index is 12.6. The van der Waals surface area contributed by atoms with Crippen LogP contribution in [0.3, 0.4) is 0 Å². The van der Waals surface area contributed by atoms with E-state index in [1.54, 1.807) is 24.3 Å². The second-order valence-electron chi connectivity index (χ2n) is 14.5. The molecule has 0 aromatic heterocycles. The molecule has 1 unspecified atom stereocenters. The molecule has 19 nitrogen and oxygen atoms in total. The summed E-state index contributed by atoms with van der Waals surface area (Å²) in [6.07, 6.45) is -2.23. The Kier molecular flexibility index (Phi) is 10.4. The highest BCUT2D eigenvalue weighted by atomic mass is 16.7. The van der Waals surface area contributed by atoms with Crippen molar-refractivity contribution in [3.63, 3.8) is 0 Å². The minimum atomic E-state index is -2.65. The molecule has 4 heterocycles. The molecule has 3 aromatic rings. The van der Waals surface area contributed by atoms with Crippen molar-refractivity contribution in [3.8, 4) is 34.5 Å². The molecule has 0 amide bonds. The van der Waals surface area contributed by atoms with Gasteiger partial charge in [-0.3, -0.25) is 10.4 Å². The van der Waals surface area contributed by atoms with E-state index in [9.17, 15) is 50.8 Å². The Morgan fingerprint density at radius 3 is 2.52 bits per heavy atom. The summed E-state index contributed by atoms with van der Waals surface area (Å²) in [6.45, 7) is -0.860. The van der Waals surface area contributed by atoms with Crippen molar-refractivity contribution in [1.82, 2.24) is 0 Å². The van der Waals surface area contributed by atoms with Crippen LogP contribution < -0.4 is 18.9 Å². The quantitative estimate of drug-likeness (QED) is 0.109. The number of aliphatic imine (C=N–C) groups is 3. The number of aliphatic hydroxyl groups is 6. The molecule has 1 fully saturated rings. The lowest BCUT2D eigenvalue weighted by molar-refractivity contribution is -0.337. The highest BCUT2D eigenvalue weighted by molar-refractivity contribution is 6.15. The Morgan fingerprint density at radius 1 is 1.07 bits per heavy atom. The normalized spacial score (nSPS) is 28.5. The summed E-state index contributed by atoms with van der Waals surface area (Å²) < 4.78 is 29.8. The van der Waals surface area contributed by atoms with E-state index in [1.807, 2.05) is 0 Å². The average Bonchev–Trinajstić information content (AvgIpc) is 3.92. The molecular weight excluding hydrogens is 788 g/mol. The standard InChI is InChI=1S/C41H38N4O15/c42-31-9-8-24(45-31)33(49)30(16-46)57-22-6-4-20(5-7-22)27-13-26(48)32-28(58-27)14-29(35(34(32)50)56-17-19-2-1-3-21(47)12-19)59-39-40(54)11-10-23(25-15-43-18-44-25)41(55,38(40)53)36(60-39)37(51)52/h1-14,18,23,27,30,33,36,38-39,42,46-50,53-55H,15-17H2,(H,51,52)/t23-,27?,30+,33-,36-,38+,39-,40-,41-/m1/s1. The summed E-state index contributed by atoms with van der Waals surface area (Å²) in [6, 6.07) is 13.4. The first kappa shape index (κ1) is 40.2.